The molecule has 59 valence electrons. The average Bonchev–Trinajstić information content (AvgIpc) is 1.82. The third kappa shape index (κ3) is 4.32. The molecule has 0 fully saturated rings. The summed E-state index contributed by atoms with van der Waals surface area (Å²) in [5.74, 6) is 0.251. The molecule has 0 aliphatic carbocycles. The molecular formula is C7H13O3. The van der Waals surface area contributed by atoms with E-state index in [-0.39, 0.29) is 12.6 Å². The lowest BCUT2D eigenvalue weighted by Gasteiger charge is -2.07. The maximum Gasteiger partial charge on any atom is 0.312 e. The first-order valence-electron chi connectivity index (χ1n) is 3.19. The van der Waals surface area contributed by atoms with E-state index in [9.17, 15) is 4.79 Å². The van der Waals surface area contributed by atoms with E-state index < -0.39 is 6.10 Å². The molecule has 3 nitrogen and oxygen atoms in total. The Kier molecular flexibility index (Phi) is 4.03. The Hall–Kier alpha value is -0.570. The van der Waals surface area contributed by atoms with Crippen LogP contribution in [0.4, 0.5) is 0 Å². The highest BCUT2D eigenvalue weighted by Crippen LogP contribution is 1.98. The van der Waals surface area contributed by atoms with Crippen molar-refractivity contribution in [3.05, 3.63) is 5.92 Å². The summed E-state index contributed by atoms with van der Waals surface area (Å²) in [5, 5.41) is 8.70. The Morgan fingerprint density at radius 2 is 2.10 bits per heavy atom. The van der Waals surface area contributed by atoms with Gasteiger partial charge in [0.1, 0.15) is 6.61 Å². The standard InChI is InChI=1S/C7H13O3/c1-5(2)7(9)10-4-6(3)8/h6,8H,4H2,1-3H3. The van der Waals surface area contributed by atoms with Crippen molar-refractivity contribution in [3.63, 3.8) is 0 Å². The van der Waals surface area contributed by atoms with Crippen molar-refractivity contribution >= 4 is 5.97 Å². The molecule has 0 aliphatic rings. The van der Waals surface area contributed by atoms with Gasteiger partial charge in [0.25, 0.3) is 0 Å². The van der Waals surface area contributed by atoms with Crippen molar-refractivity contribution in [1.82, 2.24) is 0 Å². The van der Waals surface area contributed by atoms with Gasteiger partial charge in [-0.2, -0.15) is 0 Å². The fourth-order valence-electron chi connectivity index (χ4n) is 0.341. The molecule has 0 aliphatic heterocycles. The largest absolute Gasteiger partial charge is 0.463 e. The van der Waals surface area contributed by atoms with E-state index in [1.807, 2.05) is 0 Å². The number of ether oxygens (including phenoxy) is 1. The molecule has 0 spiro atoms. The van der Waals surface area contributed by atoms with Gasteiger partial charge in [0.05, 0.1) is 12.0 Å². The van der Waals surface area contributed by atoms with Gasteiger partial charge in [-0.25, -0.2) is 0 Å². The minimum absolute atomic E-state index is 0.0734. The Morgan fingerprint density at radius 3 is 2.40 bits per heavy atom. The highest BCUT2D eigenvalue weighted by Gasteiger charge is 2.09. The summed E-state index contributed by atoms with van der Waals surface area (Å²) in [6, 6.07) is 0. The lowest BCUT2D eigenvalue weighted by atomic mass is 10.2. The second-order valence-corrected chi connectivity index (χ2v) is 2.45. The van der Waals surface area contributed by atoms with E-state index in [1.165, 1.54) is 0 Å². The van der Waals surface area contributed by atoms with Crippen LogP contribution in [0.5, 0.6) is 0 Å². The summed E-state index contributed by atoms with van der Waals surface area (Å²) in [7, 11) is 0. The van der Waals surface area contributed by atoms with Crippen LogP contribution in [0.2, 0.25) is 0 Å². The molecule has 0 rings (SSSR count). The highest BCUT2D eigenvalue weighted by molar-refractivity contribution is 5.83. The Morgan fingerprint density at radius 1 is 1.60 bits per heavy atom. The Balaban J connectivity index is 3.40. The molecular weight excluding hydrogens is 132 g/mol. The smallest absolute Gasteiger partial charge is 0.312 e. The second kappa shape index (κ2) is 4.28. The number of esters is 1. The molecule has 10 heavy (non-hydrogen) atoms. The summed E-state index contributed by atoms with van der Waals surface area (Å²) in [5.41, 5.74) is 0. The van der Waals surface area contributed by atoms with Crippen LogP contribution in [-0.4, -0.2) is 23.8 Å². The molecule has 1 atom stereocenters. The summed E-state index contributed by atoms with van der Waals surface area (Å²) >= 11 is 0. The van der Waals surface area contributed by atoms with E-state index in [4.69, 9.17) is 5.11 Å². The molecule has 0 aromatic carbocycles. The number of aliphatic hydroxyl groups excluding tert-OH is 1. The molecule has 0 bridgehead atoms. The van der Waals surface area contributed by atoms with Gasteiger partial charge in [0.15, 0.2) is 0 Å². The van der Waals surface area contributed by atoms with E-state index in [1.54, 1.807) is 20.8 Å². The zero-order valence-electron chi connectivity index (χ0n) is 6.55. The first-order chi connectivity index (χ1) is 4.54. The first kappa shape index (κ1) is 9.43. The molecule has 3 heteroatoms. The lowest BCUT2D eigenvalue weighted by Crippen LogP contribution is -2.17. The minimum atomic E-state index is -0.580. The van der Waals surface area contributed by atoms with E-state index in [0.29, 0.717) is 5.92 Å². The SMILES string of the molecule is C[C](C)C(=O)OCC(C)O. The third-order valence-corrected chi connectivity index (χ3v) is 0.864. The van der Waals surface area contributed by atoms with Gasteiger partial charge in [-0.3, -0.25) is 4.79 Å². The van der Waals surface area contributed by atoms with E-state index in [0.717, 1.165) is 0 Å². The van der Waals surface area contributed by atoms with E-state index in [2.05, 4.69) is 4.74 Å². The molecule has 0 heterocycles. The Bertz CT molecular complexity index is 107. The average molecular weight is 145 g/mol. The number of hydrogen-bond acceptors (Lipinski definition) is 3. The summed E-state index contributed by atoms with van der Waals surface area (Å²) in [4.78, 5) is 10.7. The van der Waals surface area contributed by atoms with Gasteiger partial charge >= 0.3 is 5.97 Å². The quantitative estimate of drug-likeness (QED) is 0.589. The van der Waals surface area contributed by atoms with Crippen LogP contribution in [-0.2, 0) is 9.53 Å². The summed E-state index contributed by atoms with van der Waals surface area (Å²) < 4.78 is 4.64. The molecule has 0 saturated heterocycles. The van der Waals surface area contributed by atoms with Crippen LogP contribution in [0, 0.1) is 5.92 Å². The van der Waals surface area contributed by atoms with Gasteiger partial charge in [-0.1, -0.05) is 0 Å². The number of rotatable bonds is 3. The van der Waals surface area contributed by atoms with Crippen LogP contribution >= 0.6 is 0 Å². The molecule has 0 aromatic rings. The maximum atomic E-state index is 10.7. The van der Waals surface area contributed by atoms with Crippen molar-refractivity contribution in [2.24, 2.45) is 0 Å². The van der Waals surface area contributed by atoms with Gasteiger partial charge in [-0.05, 0) is 20.8 Å². The van der Waals surface area contributed by atoms with Gasteiger partial charge in [-0.15, -0.1) is 0 Å². The number of carbonyl (C=O) groups excluding carboxylic acids is 1. The van der Waals surface area contributed by atoms with Gasteiger partial charge in [0.2, 0.25) is 0 Å². The van der Waals surface area contributed by atoms with Crippen LogP contribution in [0.3, 0.4) is 0 Å². The molecule has 1 radical (unpaired) electrons. The number of carbonyl (C=O) groups is 1. The van der Waals surface area contributed by atoms with Crippen molar-refractivity contribution < 1.29 is 14.6 Å². The highest BCUT2D eigenvalue weighted by atomic mass is 16.5. The predicted octanol–water partition coefficient (Wildman–Crippen LogP) is 0.525. The monoisotopic (exact) mass is 145 g/mol. The fourth-order valence-corrected chi connectivity index (χ4v) is 0.341. The maximum absolute atomic E-state index is 10.7. The van der Waals surface area contributed by atoms with Crippen molar-refractivity contribution in [2.45, 2.75) is 26.9 Å². The van der Waals surface area contributed by atoms with Crippen LogP contribution in [0.1, 0.15) is 20.8 Å². The van der Waals surface area contributed by atoms with Crippen LogP contribution < -0.4 is 0 Å². The fraction of sp³-hybridized carbons (Fsp3) is 0.714. The lowest BCUT2D eigenvalue weighted by molar-refractivity contribution is -0.143. The van der Waals surface area contributed by atoms with E-state index >= 15 is 0 Å². The van der Waals surface area contributed by atoms with Crippen molar-refractivity contribution in [2.75, 3.05) is 6.61 Å². The van der Waals surface area contributed by atoms with Crippen molar-refractivity contribution in [3.8, 4) is 0 Å². The van der Waals surface area contributed by atoms with Gasteiger partial charge in [0, 0.05) is 0 Å². The minimum Gasteiger partial charge on any atom is -0.463 e. The predicted molar refractivity (Wildman–Crippen MR) is 37.2 cm³/mol. The summed E-state index contributed by atoms with van der Waals surface area (Å²) in [6.45, 7) is 4.98. The van der Waals surface area contributed by atoms with Crippen molar-refractivity contribution in [1.29, 1.82) is 0 Å². The zero-order chi connectivity index (χ0) is 8.15. The molecule has 0 amide bonds. The molecule has 1 unspecified atom stereocenters. The summed E-state index contributed by atoms with van der Waals surface area (Å²) in [6.07, 6.45) is -0.580. The molecule has 1 N–H and O–H groups in total. The Labute approximate surface area is 61.0 Å². The van der Waals surface area contributed by atoms with Crippen LogP contribution in [0.25, 0.3) is 0 Å². The number of hydrogen-bond donors (Lipinski definition) is 1. The topological polar surface area (TPSA) is 46.5 Å². The molecule has 0 saturated carbocycles. The first-order valence-corrected chi connectivity index (χ1v) is 3.19. The number of aliphatic hydroxyl groups is 1. The molecule has 0 aromatic heterocycles. The second-order valence-electron chi connectivity index (χ2n) is 2.45. The zero-order valence-corrected chi connectivity index (χ0v) is 6.55. The third-order valence-electron chi connectivity index (χ3n) is 0.864. The van der Waals surface area contributed by atoms with Gasteiger partial charge < -0.3 is 9.84 Å². The normalized spacial score (nSPS) is 13.3. The van der Waals surface area contributed by atoms with Crippen LogP contribution in [0.15, 0.2) is 0 Å².